The number of carbonyl (C=O) groups excluding carboxylic acids is 1. The largest absolute Gasteiger partial charge is 0.353 e. The van der Waals surface area contributed by atoms with Crippen molar-refractivity contribution < 1.29 is 13.2 Å². The molecular weight excluding hydrogens is 340 g/mol. The molecule has 0 aliphatic carbocycles. The van der Waals surface area contributed by atoms with E-state index in [0.717, 1.165) is 22.9 Å². The highest BCUT2D eigenvalue weighted by Crippen LogP contribution is 2.25. The Morgan fingerprint density at radius 3 is 2.60 bits per heavy atom. The Hall–Kier alpha value is -2.74. The minimum Gasteiger partial charge on any atom is -0.353 e. The molecule has 3 aromatic rings. The first-order chi connectivity index (χ1) is 11.8. The van der Waals surface area contributed by atoms with Crippen LogP contribution >= 0.6 is 0 Å². The Morgan fingerprint density at radius 2 is 1.92 bits per heavy atom. The number of rotatable bonds is 6. The summed E-state index contributed by atoms with van der Waals surface area (Å²) in [6.45, 7) is 0.624. The fourth-order valence-electron chi connectivity index (χ4n) is 2.73. The maximum atomic E-state index is 12.2. The van der Waals surface area contributed by atoms with Crippen molar-refractivity contribution in [3.63, 3.8) is 0 Å². The van der Waals surface area contributed by atoms with Crippen LogP contribution in [0.2, 0.25) is 0 Å². The van der Waals surface area contributed by atoms with Crippen molar-refractivity contribution in [3.8, 4) is 0 Å². The molecule has 1 amide bonds. The zero-order chi connectivity index (χ0) is 18.0. The van der Waals surface area contributed by atoms with Crippen LogP contribution in [0.1, 0.15) is 5.69 Å². The Balaban J connectivity index is 1.74. The topological polar surface area (TPSA) is 85.1 Å². The van der Waals surface area contributed by atoms with E-state index in [9.17, 15) is 13.2 Å². The molecule has 0 saturated carbocycles. The van der Waals surface area contributed by atoms with Crippen molar-refractivity contribution in [1.82, 2.24) is 14.5 Å². The Bertz CT molecular complexity index is 1020. The fraction of sp³-hybridized carbons (Fsp3) is 0.235. The van der Waals surface area contributed by atoms with Crippen LogP contribution in [0.15, 0.2) is 48.8 Å². The van der Waals surface area contributed by atoms with Crippen LogP contribution in [0.25, 0.3) is 10.9 Å². The monoisotopic (exact) mass is 360 g/mol. The van der Waals surface area contributed by atoms with Crippen LogP contribution in [0.3, 0.4) is 0 Å². The molecule has 0 fully saturated rings. The maximum Gasteiger partial charge on any atom is 0.240 e. The molecule has 0 aliphatic heterocycles. The van der Waals surface area contributed by atoms with Gasteiger partial charge in [0.05, 0.1) is 24.0 Å². The minimum atomic E-state index is -3.36. The van der Waals surface area contributed by atoms with Crippen molar-refractivity contribution in [2.75, 3.05) is 11.0 Å². The molecule has 132 valence electrons. The van der Waals surface area contributed by atoms with Gasteiger partial charge >= 0.3 is 0 Å². The second kappa shape index (κ2) is 6.64. The van der Waals surface area contributed by atoms with Crippen LogP contribution in [-0.4, -0.2) is 29.7 Å². The van der Waals surface area contributed by atoms with E-state index in [1.165, 1.54) is 0 Å². The van der Waals surface area contributed by atoms with Gasteiger partial charge in [-0.2, -0.15) is 0 Å². The van der Waals surface area contributed by atoms with E-state index in [-0.39, 0.29) is 12.5 Å². The molecule has 0 radical (unpaired) electrons. The zero-order valence-corrected chi connectivity index (χ0v) is 14.9. The highest BCUT2D eigenvalue weighted by Gasteiger charge is 2.11. The van der Waals surface area contributed by atoms with Gasteiger partial charge in [0.1, 0.15) is 6.54 Å². The molecule has 0 saturated heterocycles. The molecule has 25 heavy (non-hydrogen) atoms. The lowest BCUT2D eigenvalue weighted by Gasteiger charge is -2.09. The van der Waals surface area contributed by atoms with Gasteiger partial charge < -0.3 is 14.5 Å². The first kappa shape index (κ1) is 17.1. The minimum absolute atomic E-state index is 0.111. The predicted molar refractivity (Wildman–Crippen MR) is 97.7 cm³/mol. The molecule has 0 aliphatic rings. The van der Waals surface area contributed by atoms with E-state index in [1.54, 1.807) is 29.0 Å². The number of aromatic nitrogens is 2. The van der Waals surface area contributed by atoms with Gasteiger partial charge in [0.15, 0.2) is 0 Å². The van der Waals surface area contributed by atoms with E-state index in [4.69, 9.17) is 0 Å². The normalized spacial score (nSPS) is 11.6. The summed E-state index contributed by atoms with van der Waals surface area (Å²) >= 11 is 0. The van der Waals surface area contributed by atoms with Gasteiger partial charge in [0.25, 0.3) is 0 Å². The number of aryl methyl sites for hydroxylation is 1. The van der Waals surface area contributed by atoms with Crippen LogP contribution in [0.5, 0.6) is 0 Å². The molecule has 3 rings (SSSR count). The van der Waals surface area contributed by atoms with Crippen LogP contribution < -0.4 is 10.0 Å². The summed E-state index contributed by atoms with van der Waals surface area (Å²) in [5, 5.41) is 3.64. The number of sulfonamides is 1. The van der Waals surface area contributed by atoms with Gasteiger partial charge in [-0.15, -0.1) is 0 Å². The van der Waals surface area contributed by atoms with Gasteiger partial charge in [-0.25, -0.2) is 8.42 Å². The third-order valence-electron chi connectivity index (χ3n) is 3.94. The zero-order valence-electron chi connectivity index (χ0n) is 14.1. The van der Waals surface area contributed by atoms with Crippen molar-refractivity contribution in [2.45, 2.75) is 13.1 Å². The molecule has 2 aromatic heterocycles. The molecular formula is C17H20N4O3S. The lowest BCUT2D eigenvalue weighted by molar-refractivity contribution is -0.121. The molecule has 2 N–H and O–H groups in total. The number of nitrogens with zero attached hydrogens (tertiary/aromatic N) is 2. The highest BCUT2D eigenvalue weighted by molar-refractivity contribution is 7.92. The second-order valence-corrected chi connectivity index (χ2v) is 7.69. The average Bonchev–Trinajstić information content (AvgIpc) is 3.11. The number of fused-ring (bicyclic) bond motifs is 1. The van der Waals surface area contributed by atoms with E-state index >= 15 is 0 Å². The summed E-state index contributed by atoms with van der Waals surface area (Å²) in [5.41, 5.74) is 2.32. The predicted octanol–water partition coefficient (Wildman–Crippen LogP) is 1.67. The number of nitrogens with one attached hydrogen (secondary N) is 2. The van der Waals surface area contributed by atoms with Gasteiger partial charge in [0.2, 0.25) is 15.9 Å². The number of hydrogen-bond acceptors (Lipinski definition) is 3. The molecule has 1 aromatic carbocycles. The first-order valence-electron chi connectivity index (χ1n) is 7.76. The van der Waals surface area contributed by atoms with Gasteiger partial charge in [-0.3, -0.25) is 9.52 Å². The molecule has 0 bridgehead atoms. The summed E-state index contributed by atoms with van der Waals surface area (Å²) in [5.74, 6) is -0.111. The number of anilines is 1. The molecule has 7 nitrogen and oxygen atoms in total. The smallest absolute Gasteiger partial charge is 0.240 e. The fourth-order valence-corrected chi connectivity index (χ4v) is 3.31. The van der Waals surface area contributed by atoms with E-state index in [1.807, 2.05) is 36.0 Å². The van der Waals surface area contributed by atoms with Crippen molar-refractivity contribution >= 4 is 32.5 Å². The third-order valence-corrected chi connectivity index (χ3v) is 4.53. The second-order valence-electron chi connectivity index (χ2n) is 5.94. The van der Waals surface area contributed by atoms with Crippen molar-refractivity contribution in [3.05, 3.63) is 54.5 Å². The molecule has 8 heteroatoms. The molecule has 0 spiro atoms. The van der Waals surface area contributed by atoms with E-state index in [0.29, 0.717) is 12.2 Å². The summed E-state index contributed by atoms with van der Waals surface area (Å²) in [6, 6.07) is 11.0. The van der Waals surface area contributed by atoms with Crippen LogP contribution in [0, 0.1) is 0 Å². The number of benzene rings is 1. The Morgan fingerprint density at radius 1 is 1.12 bits per heavy atom. The first-order valence-corrected chi connectivity index (χ1v) is 9.65. The lowest BCUT2D eigenvalue weighted by atomic mass is 10.2. The number of carbonyl (C=O) groups is 1. The SMILES string of the molecule is Cn1cccc1CNC(=O)Cn1ccc2c(NS(C)(=O)=O)cccc21. The van der Waals surface area contributed by atoms with Gasteiger partial charge in [0, 0.05) is 30.5 Å². The maximum absolute atomic E-state index is 12.2. The molecule has 0 unspecified atom stereocenters. The Kier molecular flexibility index (Phi) is 4.54. The third kappa shape index (κ3) is 4.03. The van der Waals surface area contributed by atoms with Gasteiger partial charge in [-0.05, 0) is 30.3 Å². The number of amides is 1. The molecule has 0 atom stereocenters. The summed E-state index contributed by atoms with van der Waals surface area (Å²) in [6.07, 6.45) is 4.82. The van der Waals surface area contributed by atoms with Crippen molar-refractivity contribution in [2.24, 2.45) is 7.05 Å². The van der Waals surface area contributed by atoms with Crippen LogP contribution in [0.4, 0.5) is 5.69 Å². The van der Waals surface area contributed by atoms with Crippen LogP contribution in [-0.2, 0) is 35.0 Å². The standard InChI is InChI=1S/C17H20N4O3S/c1-20-9-4-5-13(20)11-18-17(22)12-21-10-8-14-15(19-25(2,23)24)6-3-7-16(14)21/h3-10,19H,11-12H2,1-2H3,(H,18,22). The van der Waals surface area contributed by atoms with E-state index < -0.39 is 10.0 Å². The van der Waals surface area contributed by atoms with Crippen molar-refractivity contribution in [1.29, 1.82) is 0 Å². The summed E-state index contributed by atoms with van der Waals surface area (Å²) in [7, 11) is -1.43. The quantitative estimate of drug-likeness (QED) is 0.701. The highest BCUT2D eigenvalue weighted by atomic mass is 32.2. The summed E-state index contributed by atoms with van der Waals surface area (Å²) < 4.78 is 29.2. The summed E-state index contributed by atoms with van der Waals surface area (Å²) in [4.78, 5) is 12.2. The Labute approximate surface area is 146 Å². The van der Waals surface area contributed by atoms with Gasteiger partial charge in [-0.1, -0.05) is 6.07 Å². The number of hydrogen-bond donors (Lipinski definition) is 2. The van der Waals surface area contributed by atoms with E-state index in [2.05, 4.69) is 10.0 Å². The lowest BCUT2D eigenvalue weighted by Crippen LogP contribution is -2.27. The average molecular weight is 360 g/mol. The molecule has 2 heterocycles.